The molecular weight excluding hydrogens is 294 g/mol. The third-order valence-electron chi connectivity index (χ3n) is 2.39. The number of hydrogen-bond donors (Lipinski definition) is 2. The molecule has 100 valence electrons. The quantitative estimate of drug-likeness (QED) is 0.849. The Labute approximate surface area is 117 Å². The van der Waals surface area contributed by atoms with Crippen LogP contribution >= 0.6 is 15.9 Å². The fourth-order valence-electron chi connectivity index (χ4n) is 1.35. The van der Waals surface area contributed by atoms with Gasteiger partial charge in [0.1, 0.15) is 5.82 Å². The van der Waals surface area contributed by atoms with Crippen LogP contribution in [0, 0.1) is 12.8 Å². The zero-order chi connectivity index (χ0) is 13.5. The van der Waals surface area contributed by atoms with Crippen LogP contribution in [-0.4, -0.2) is 24.0 Å². The van der Waals surface area contributed by atoms with E-state index in [1.807, 2.05) is 19.1 Å². The number of halogens is 1. The van der Waals surface area contributed by atoms with E-state index in [9.17, 15) is 4.79 Å². The Morgan fingerprint density at radius 1 is 1.44 bits per heavy atom. The van der Waals surface area contributed by atoms with Crippen molar-refractivity contribution >= 4 is 27.7 Å². The first-order chi connectivity index (χ1) is 8.49. The molecule has 0 saturated heterocycles. The summed E-state index contributed by atoms with van der Waals surface area (Å²) in [6.45, 7) is 7.41. The molecule has 1 aromatic rings. The van der Waals surface area contributed by atoms with E-state index in [1.54, 1.807) is 0 Å². The lowest BCUT2D eigenvalue weighted by Crippen LogP contribution is -2.28. The second kappa shape index (κ2) is 7.36. The fourth-order valence-corrected chi connectivity index (χ4v) is 1.57. The first kappa shape index (κ1) is 15.0. The number of aryl methyl sites for hydroxylation is 1. The maximum absolute atomic E-state index is 11.5. The minimum absolute atomic E-state index is 0.0741. The molecular formula is C13H20BrN3O. The van der Waals surface area contributed by atoms with Crippen LogP contribution < -0.4 is 10.6 Å². The van der Waals surface area contributed by atoms with E-state index in [-0.39, 0.29) is 5.91 Å². The van der Waals surface area contributed by atoms with Crippen LogP contribution in [0.1, 0.15) is 26.0 Å². The van der Waals surface area contributed by atoms with Crippen molar-refractivity contribution in [2.75, 3.05) is 18.4 Å². The Kier molecular flexibility index (Phi) is 6.12. The standard InChI is InChI=1S/C13H20BrN3O/c1-9(2)8-16-13(18)6-7-15-12-5-4-11(14)10(3)17-12/h4-5,9H,6-8H2,1-3H3,(H,15,17)(H,16,18). The molecule has 0 unspecified atom stereocenters. The van der Waals surface area contributed by atoms with Gasteiger partial charge in [-0.2, -0.15) is 0 Å². The summed E-state index contributed by atoms with van der Waals surface area (Å²) in [5.41, 5.74) is 0.934. The number of nitrogens with one attached hydrogen (secondary N) is 2. The number of carbonyl (C=O) groups excluding carboxylic acids is 1. The van der Waals surface area contributed by atoms with Crippen LogP contribution in [-0.2, 0) is 4.79 Å². The van der Waals surface area contributed by atoms with Crippen molar-refractivity contribution in [3.8, 4) is 0 Å². The third-order valence-corrected chi connectivity index (χ3v) is 3.23. The summed E-state index contributed by atoms with van der Waals surface area (Å²) in [7, 11) is 0. The number of amides is 1. The summed E-state index contributed by atoms with van der Waals surface area (Å²) in [6.07, 6.45) is 0.462. The van der Waals surface area contributed by atoms with Gasteiger partial charge in [0.05, 0.1) is 5.69 Å². The third kappa shape index (κ3) is 5.49. The van der Waals surface area contributed by atoms with E-state index in [4.69, 9.17) is 0 Å². The molecule has 1 rings (SSSR count). The average molecular weight is 314 g/mol. The molecule has 0 spiro atoms. The summed E-state index contributed by atoms with van der Waals surface area (Å²) in [5, 5.41) is 6.02. The molecule has 0 atom stereocenters. The predicted octanol–water partition coefficient (Wildman–Crippen LogP) is 2.73. The van der Waals surface area contributed by atoms with Crippen molar-refractivity contribution in [1.82, 2.24) is 10.3 Å². The number of pyridine rings is 1. The topological polar surface area (TPSA) is 54.0 Å². The Hall–Kier alpha value is -1.10. The number of nitrogens with zero attached hydrogens (tertiary/aromatic N) is 1. The lowest BCUT2D eigenvalue weighted by Gasteiger charge is -2.09. The van der Waals surface area contributed by atoms with Crippen LogP contribution in [0.15, 0.2) is 16.6 Å². The average Bonchev–Trinajstić information content (AvgIpc) is 2.31. The van der Waals surface area contributed by atoms with Gasteiger partial charge in [-0.25, -0.2) is 4.98 Å². The maximum atomic E-state index is 11.5. The molecule has 1 amide bonds. The predicted molar refractivity (Wildman–Crippen MR) is 77.6 cm³/mol. The first-order valence-electron chi connectivity index (χ1n) is 6.12. The summed E-state index contributed by atoms with van der Waals surface area (Å²) < 4.78 is 0.989. The van der Waals surface area contributed by atoms with Gasteiger partial charge >= 0.3 is 0 Å². The van der Waals surface area contributed by atoms with Crippen LogP contribution in [0.2, 0.25) is 0 Å². The van der Waals surface area contributed by atoms with Gasteiger partial charge in [0, 0.05) is 24.0 Å². The van der Waals surface area contributed by atoms with Crippen molar-refractivity contribution in [1.29, 1.82) is 0 Å². The lowest BCUT2D eigenvalue weighted by atomic mass is 10.2. The molecule has 0 radical (unpaired) electrons. The molecule has 1 aromatic heterocycles. The normalized spacial score (nSPS) is 10.5. The van der Waals surface area contributed by atoms with E-state index in [0.29, 0.717) is 18.9 Å². The smallest absolute Gasteiger partial charge is 0.221 e. The molecule has 0 fully saturated rings. The Bertz CT molecular complexity index is 407. The SMILES string of the molecule is Cc1nc(NCCC(=O)NCC(C)C)ccc1Br. The van der Waals surface area contributed by atoms with E-state index in [0.717, 1.165) is 22.5 Å². The summed E-state index contributed by atoms with van der Waals surface area (Å²) in [5.74, 6) is 1.36. The molecule has 0 aliphatic carbocycles. The summed E-state index contributed by atoms with van der Waals surface area (Å²) >= 11 is 3.40. The Morgan fingerprint density at radius 2 is 2.17 bits per heavy atom. The molecule has 18 heavy (non-hydrogen) atoms. The van der Waals surface area contributed by atoms with Gasteiger partial charge in [-0.15, -0.1) is 0 Å². The second-order valence-electron chi connectivity index (χ2n) is 4.64. The number of aromatic nitrogens is 1. The molecule has 2 N–H and O–H groups in total. The number of hydrogen-bond acceptors (Lipinski definition) is 3. The zero-order valence-corrected chi connectivity index (χ0v) is 12.7. The molecule has 1 heterocycles. The van der Waals surface area contributed by atoms with E-state index in [2.05, 4.69) is 45.4 Å². The minimum atomic E-state index is 0.0741. The molecule has 4 nitrogen and oxygen atoms in total. The van der Waals surface area contributed by atoms with Crippen molar-refractivity contribution in [3.05, 3.63) is 22.3 Å². The van der Waals surface area contributed by atoms with Crippen molar-refractivity contribution in [3.63, 3.8) is 0 Å². The van der Waals surface area contributed by atoms with Gasteiger partial charge < -0.3 is 10.6 Å². The summed E-state index contributed by atoms with van der Waals surface area (Å²) in [6, 6.07) is 3.84. The van der Waals surface area contributed by atoms with Crippen molar-refractivity contribution in [2.45, 2.75) is 27.2 Å². The Balaban J connectivity index is 2.28. The molecule has 0 saturated carbocycles. The number of rotatable bonds is 6. The number of carbonyl (C=O) groups is 1. The van der Waals surface area contributed by atoms with E-state index in [1.165, 1.54) is 0 Å². The molecule has 5 heteroatoms. The highest BCUT2D eigenvalue weighted by molar-refractivity contribution is 9.10. The minimum Gasteiger partial charge on any atom is -0.370 e. The van der Waals surface area contributed by atoms with E-state index < -0.39 is 0 Å². The highest BCUT2D eigenvalue weighted by atomic mass is 79.9. The van der Waals surface area contributed by atoms with Crippen LogP contribution in [0.3, 0.4) is 0 Å². The fraction of sp³-hybridized carbons (Fsp3) is 0.538. The van der Waals surface area contributed by atoms with Gasteiger partial charge in [0.15, 0.2) is 0 Å². The first-order valence-corrected chi connectivity index (χ1v) is 6.92. The van der Waals surface area contributed by atoms with E-state index >= 15 is 0 Å². The zero-order valence-electron chi connectivity index (χ0n) is 11.1. The second-order valence-corrected chi connectivity index (χ2v) is 5.49. The van der Waals surface area contributed by atoms with Crippen LogP contribution in [0.25, 0.3) is 0 Å². The maximum Gasteiger partial charge on any atom is 0.221 e. The van der Waals surface area contributed by atoms with Crippen molar-refractivity contribution in [2.24, 2.45) is 5.92 Å². The molecule has 0 aliphatic heterocycles. The highest BCUT2D eigenvalue weighted by Gasteiger charge is 2.03. The van der Waals surface area contributed by atoms with Crippen molar-refractivity contribution < 1.29 is 4.79 Å². The van der Waals surface area contributed by atoms with Gasteiger partial charge in [0.25, 0.3) is 0 Å². The number of anilines is 1. The molecule has 0 aliphatic rings. The van der Waals surface area contributed by atoms with Gasteiger partial charge in [-0.1, -0.05) is 13.8 Å². The van der Waals surface area contributed by atoms with Gasteiger partial charge in [0.2, 0.25) is 5.91 Å². The molecule has 0 aromatic carbocycles. The van der Waals surface area contributed by atoms with Gasteiger partial charge in [-0.3, -0.25) is 4.79 Å². The largest absolute Gasteiger partial charge is 0.370 e. The lowest BCUT2D eigenvalue weighted by molar-refractivity contribution is -0.120. The highest BCUT2D eigenvalue weighted by Crippen LogP contribution is 2.15. The van der Waals surface area contributed by atoms with Crippen LogP contribution in [0.5, 0.6) is 0 Å². The summed E-state index contributed by atoms with van der Waals surface area (Å²) in [4.78, 5) is 15.8. The Morgan fingerprint density at radius 3 is 2.78 bits per heavy atom. The van der Waals surface area contributed by atoms with Crippen LogP contribution in [0.4, 0.5) is 5.82 Å². The van der Waals surface area contributed by atoms with Gasteiger partial charge in [-0.05, 0) is 40.9 Å². The molecule has 0 bridgehead atoms. The monoisotopic (exact) mass is 313 g/mol.